The molecular weight excluding hydrogens is 271 g/mol. The van der Waals surface area contributed by atoms with E-state index in [1.54, 1.807) is 12.1 Å². The first-order valence-corrected chi connectivity index (χ1v) is 6.64. The highest BCUT2D eigenvalue weighted by Crippen LogP contribution is 2.26. The molecule has 0 aliphatic carbocycles. The third kappa shape index (κ3) is 3.52. The van der Waals surface area contributed by atoms with Crippen molar-refractivity contribution in [3.63, 3.8) is 0 Å². The van der Waals surface area contributed by atoms with Gasteiger partial charge in [-0.05, 0) is 23.8 Å². The lowest BCUT2D eigenvalue weighted by Gasteiger charge is -2.06. The van der Waals surface area contributed by atoms with E-state index in [9.17, 15) is 13.2 Å². The number of hydrogen-bond acceptors (Lipinski definition) is 2. The molecule has 1 nitrogen and oxygen atoms in total. The molecule has 0 unspecified atom stereocenters. The summed E-state index contributed by atoms with van der Waals surface area (Å²) in [5.74, 6) is -1.07. The van der Waals surface area contributed by atoms with Gasteiger partial charge in [-0.1, -0.05) is 12.1 Å². The largest absolute Gasteiger partial charge is 0.326 e. The number of benzene rings is 2. The highest BCUT2D eigenvalue weighted by atomic mass is 32.2. The van der Waals surface area contributed by atoms with Crippen LogP contribution in [0.3, 0.4) is 0 Å². The van der Waals surface area contributed by atoms with E-state index in [2.05, 4.69) is 0 Å². The number of halogens is 3. The van der Waals surface area contributed by atoms with Gasteiger partial charge in [0.1, 0.15) is 17.5 Å². The Morgan fingerprint density at radius 2 is 1.74 bits per heavy atom. The molecule has 2 N–H and O–H groups in total. The van der Waals surface area contributed by atoms with Crippen LogP contribution in [0.5, 0.6) is 0 Å². The zero-order chi connectivity index (χ0) is 13.8. The van der Waals surface area contributed by atoms with Crippen LogP contribution in [0.1, 0.15) is 11.1 Å². The van der Waals surface area contributed by atoms with Gasteiger partial charge in [-0.15, -0.1) is 11.8 Å². The van der Waals surface area contributed by atoms with Crippen LogP contribution in [0.15, 0.2) is 41.3 Å². The Bertz CT molecular complexity index is 587. The van der Waals surface area contributed by atoms with Crippen LogP contribution >= 0.6 is 11.8 Å². The molecule has 0 aliphatic rings. The average molecular weight is 283 g/mol. The fraction of sp³-hybridized carbons (Fsp3) is 0.143. The Kier molecular flexibility index (Phi) is 4.50. The Balaban J connectivity index is 2.10. The molecule has 19 heavy (non-hydrogen) atoms. The van der Waals surface area contributed by atoms with Gasteiger partial charge in [0.15, 0.2) is 0 Å². The van der Waals surface area contributed by atoms with Crippen molar-refractivity contribution < 1.29 is 13.2 Å². The van der Waals surface area contributed by atoms with Crippen molar-refractivity contribution in [3.05, 3.63) is 65.0 Å². The lowest BCUT2D eigenvalue weighted by Crippen LogP contribution is -2.00. The molecule has 0 saturated heterocycles. The van der Waals surface area contributed by atoms with Gasteiger partial charge in [-0.2, -0.15) is 0 Å². The first-order valence-electron chi connectivity index (χ1n) is 5.65. The lowest BCUT2D eigenvalue weighted by molar-refractivity contribution is 0.565. The Morgan fingerprint density at radius 1 is 0.947 bits per heavy atom. The summed E-state index contributed by atoms with van der Waals surface area (Å²) >= 11 is 1.23. The molecule has 0 amide bonds. The molecule has 2 aromatic rings. The highest BCUT2D eigenvalue weighted by molar-refractivity contribution is 7.98. The van der Waals surface area contributed by atoms with E-state index in [0.29, 0.717) is 16.2 Å². The van der Waals surface area contributed by atoms with Crippen LogP contribution in [0, 0.1) is 17.5 Å². The van der Waals surface area contributed by atoms with Crippen molar-refractivity contribution in [2.75, 3.05) is 0 Å². The van der Waals surface area contributed by atoms with Gasteiger partial charge < -0.3 is 5.73 Å². The molecule has 0 radical (unpaired) electrons. The van der Waals surface area contributed by atoms with Crippen molar-refractivity contribution in [2.24, 2.45) is 5.73 Å². The van der Waals surface area contributed by atoms with Gasteiger partial charge in [0, 0.05) is 28.8 Å². The number of thioether (sulfide) groups is 1. The van der Waals surface area contributed by atoms with Crippen molar-refractivity contribution in [1.82, 2.24) is 0 Å². The highest BCUT2D eigenvalue weighted by Gasteiger charge is 2.06. The normalized spacial score (nSPS) is 10.7. The Hall–Kier alpha value is -1.46. The summed E-state index contributed by atoms with van der Waals surface area (Å²) in [5, 5.41) is 0. The van der Waals surface area contributed by atoms with E-state index in [4.69, 9.17) is 5.73 Å². The predicted molar refractivity (Wildman–Crippen MR) is 70.2 cm³/mol. The Morgan fingerprint density at radius 3 is 2.42 bits per heavy atom. The third-order valence-corrected chi connectivity index (χ3v) is 3.74. The van der Waals surface area contributed by atoms with Crippen LogP contribution in [0.4, 0.5) is 13.2 Å². The van der Waals surface area contributed by atoms with Gasteiger partial charge in [0.25, 0.3) is 0 Å². The van der Waals surface area contributed by atoms with E-state index in [-0.39, 0.29) is 12.4 Å². The molecule has 0 saturated carbocycles. The second kappa shape index (κ2) is 6.12. The van der Waals surface area contributed by atoms with Gasteiger partial charge in [-0.25, -0.2) is 13.2 Å². The van der Waals surface area contributed by atoms with Crippen molar-refractivity contribution in [2.45, 2.75) is 17.2 Å². The average Bonchev–Trinajstić information content (AvgIpc) is 2.39. The van der Waals surface area contributed by atoms with Crippen LogP contribution < -0.4 is 5.73 Å². The first-order chi connectivity index (χ1) is 9.10. The molecule has 0 fully saturated rings. The summed E-state index contributed by atoms with van der Waals surface area (Å²) in [6, 6.07) is 8.08. The minimum absolute atomic E-state index is 0.120. The molecule has 100 valence electrons. The SMILES string of the molecule is NCc1cc(CSc2ccc(F)cc2F)ccc1F. The maximum Gasteiger partial charge on any atom is 0.139 e. The maximum absolute atomic E-state index is 13.4. The van der Waals surface area contributed by atoms with Crippen LogP contribution in [0.25, 0.3) is 0 Å². The minimum Gasteiger partial charge on any atom is -0.326 e. The maximum atomic E-state index is 13.4. The quantitative estimate of drug-likeness (QED) is 0.862. The van der Waals surface area contributed by atoms with E-state index < -0.39 is 11.6 Å². The second-order valence-corrected chi connectivity index (χ2v) is 5.01. The van der Waals surface area contributed by atoms with E-state index in [1.807, 2.05) is 0 Å². The molecule has 2 rings (SSSR count). The summed E-state index contributed by atoms with van der Waals surface area (Å²) in [4.78, 5) is 0.361. The molecule has 5 heteroatoms. The summed E-state index contributed by atoms with van der Waals surface area (Å²) in [7, 11) is 0. The summed E-state index contributed by atoms with van der Waals surface area (Å²) in [5.41, 5.74) is 6.69. The standard InChI is InChI=1S/C14H12F3NS/c15-11-2-4-14(13(17)6-11)19-8-9-1-3-12(16)10(5-9)7-18/h1-6H,7-8,18H2. The van der Waals surface area contributed by atoms with Gasteiger partial charge >= 0.3 is 0 Å². The monoisotopic (exact) mass is 283 g/mol. The molecular formula is C14H12F3NS. The smallest absolute Gasteiger partial charge is 0.139 e. The predicted octanol–water partition coefficient (Wildman–Crippen LogP) is 3.85. The van der Waals surface area contributed by atoms with Crippen LogP contribution in [-0.2, 0) is 12.3 Å². The van der Waals surface area contributed by atoms with Crippen molar-refractivity contribution in [1.29, 1.82) is 0 Å². The van der Waals surface area contributed by atoms with E-state index >= 15 is 0 Å². The number of nitrogens with two attached hydrogens (primary N) is 1. The summed E-state index contributed by atoms with van der Waals surface area (Å²) in [6.07, 6.45) is 0. The fourth-order valence-electron chi connectivity index (χ4n) is 1.63. The second-order valence-electron chi connectivity index (χ2n) is 3.99. The lowest BCUT2D eigenvalue weighted by atomic mass is 10.1. The van der Waals surface area contributed by atoms with E-state index in [0.717, 1.165) is 11.6 Å². The topological polar surface area (TPSA) is 26.0 Å². The molecule has 2 aromatic carbocycles. The summed E-state index contributed by atoms with van der Waals surface area (Å²) < 4.78 is 39.4. The van der Waals surface area contributed by atoms with Crippen molar-refractivity contribution in [3.8, 4) is 0 Å². The van der Waals surface area contributed by atoms with Gasteiger partial charge in [0.2, 0.25) is 0 Å². The fourth-order valence-corrected chi connectivity index (χ4v) is 2.49. The molecule has 0 spiro atoms. The van der Waals surface area contributed by atoms with E-state index in [1.165, 1.54) is 30.0 Å². The molecule has 0 atom stereocenters. The van der Waals surface area contributed by atoms with Gasteiger partial charge in [-0.3, -0.25) is 0 Å². The Labute approximate surface area is 113 Å². The first kappa shape index (κ1) is 14.0. The number of rotatable bonds is 4. The zero-order valence-electron chi connectivity index (χ0n) is 10.00. The van der Waals surface area contributed by atoms with Crippen LogP contribution in [-0.4, -0.2) is 0 Å². The zero-order valence-corrected chi connectivity index (χ0v) is 10.8. The number of hydrogen-bond donors (Lipinski definition) is 1. The molecule has 0 bridgehead atoms. The summed E-state index contributed by atoms with van der Waals surface area (Å²) in [6.45, 7) is 0.120. The third-order valence-electron chi connectivity index (χ3n) is 2.62. The van der Waals surface area contributed by atoms with Gasteiger partial charge in [0.05, 0.1) is 0 Å². The molecule has 0 aliphatic heterocycles. The van der Waals surface area contributed by atoms with Crippen LogP contribution in [0.2, 0.25) is 0 Å². The molecule has 0 heterocycles. The minimum atomic E-state index is -0.603. The molecule has 0 aromatic heterocycles. The van der Waals surface area contributed by atoms with Crippen molar-refractivity contribution >= 4 is 11.8 Å².